The number of hydrogen-bond donors (Lipinski definition) is 1. The highest BCUT2D eigenvalue weighted by Gasteiger charge is 2.24. The Hall–Kier alpha value is -2.00. The average molecular weight is 443 g/mol. The molecule has 1 saturated heterocycles. The molecule has 182 valence electrons. The van der Waals surface area contributed by atoms with Gasteiger partial charge in [-0.15, -0.1) is 6.58 Å². The molecule has 1 aliphatic rings. The van der Waals surface area contributed by atoms with Crippen LogP contribution in [0.15, 0.2) is 61.7 Å². The second-order valence-electron chi connectivity index (χ2n) is 9.56. The minimum atomic E-state index is -0.187. The summed E-state index contributed by atoms with van der Waals surface area (Å²) in [6.07, 6.45) is 7.83. The van der Waals surface area contributed by atoms with Crippen LogP contribution in [0.25, 0.3) is 0 Å². The third-order valence-electron chi connectivity index (χ3n) is 5.30. The van der Waals surface area contributed by atoms with Crippen LogP contribution < -0.4 is 5.32 Å². The van der Waals surface area contributed by atoms with E-state index in [0.29, 0.717) is 5.88 Å². The van der Waals surface area contributed by atoms with Crippen LogP contribution in [0.2, 0.25) is 0 Å². The minimum Gasteiger partial charge on any atom is -0.474 e. The van der Waals surface area contributed by atoms with Gasteiger partial charge in [-0.3, -0.25) is 4.90 Å². The van der Waals surface area contributed by atoms with E-state index in [1.165, 1.54) is 42.2 Å². The van der Waals surface area contributed by atoms with E-state index in [0.717, 1.165) is 31.5 Å². The fourth-order valence-electron chi connectivity index (χ4n) is 3.68. The third kappa shape index (κ3) is 13.4. The predicted molar refractivity (Wildman–Crippen MR) is 143 cm³/mol. The van der Waals surface area contributed by atoms with Crippen LogP contribution in [-0.2, 0) is 17.7 Å². The van der Waals surface area contributed by atoms with Crippen LogP contribution >= 0.6 is 0 Å². The highest BCUT2D eigenvalue weighted by Crippen LogP contribution is 2.24. The molecule has 2 rings (SSSR count). The molecule has 0 spiro atoms. The number of rotatable bonds is 8. The van der Waals surface area contributed by atoms with Crippen molar-refractivity contribution in [3.05, 3.63) is 72.8 Å². The summed E-state index contributed by atoms with van der Waals surface area (Å²) < 4.78 is 5.30. The highest BCUT2D eigenvalue weighted by atomic mass is 16.5. The molecule has 0 bridgehead atoms. The summed E-state index contributed by atoms with van der Waals surface area (Å²) in [5.74, 6) is 0.530. The highest BCUT2D eigenvalue weighted by molar-refractivity contribution is 5.23. The number of allylic oxidation sites excluding steroid dienone is 1. The number of nitrogens with zero attached hydrogens (tertiary/aromatic N) is 1. The Labute approximate surface area is 199 Å². The van der Waals surface area contributed by atoms with E-state index in [1.807, 2.05) is 34.6 Å². The summed E-state index contributed by atoms with van der Waals surface area (Å²) in [7, 11) is 0. The SMILES string of the molecule is C=C(C)CCc1ccc(CN2C(C)CCCC2C)cc1.C=CNC(=C)OC(C)(C)C.CC. The fourth-order valence-corrected chi connectivity index (χ4v) is 3.68. The van der Waals surface area contributed by atoms with Gasteiger partial charge in [0.1, 0.15) is 5.60 Å². The van der Waals surface area contributed by atoms with Gasteiger partial charge in [-0.1, -0.05) is 56.7 Å². The van der Waals surface area contributed by atoms with Crippen molar-refractivity contribution in [2.75, 3.05) is 0 Å². The van der Waals surface area contributed by atoms with Crippen molar-refractivity contribution in [3.8, 4) is 0 Å². The third-order valence-corrected chi connectivity index (χ3v) is 5.30. The van der Waals surface area contributed by atoms with Crippen LogP contribution in [0, 0.1) is 0 Å². The van der Waals surface area contributed by atoms with Crippen molar-refractivity contribution in [2.24, 2.45) is 0 Å². The van der Waals surface area contributed by atoms with Gasteiger partial charge in [0.05, 0.1) is 0 Å². The first kappa shape index (κ1) is 30.0. The smallest absolute Gasteiger partial charge is 0.183 e. The Balaban J connectivity index is 0.000000680. The molecule has 1 aromatic rings. The molecular weight excluding hydrogens is 392 g/mol. The zero-order valence-corrected chi connectivity index (χ0v) is 22.3. The number of nitrogens with one attached hydrogen (secondary N) is 1. The number of likely N-dealkylation sites (tertiary alicyclic amines) is 1. The van der Waals surface area contributed by atoms with E-state index in [4.69, 9.17) is 4.74 Å². The Morgan fingerprint density at radius 2 is 1.56 bits per heavy atom. The van der Waals surface area contributed by atoms with Gasteiger partial charge < -0.3 is 10.1 Å². The van der Waals surface area contributed by atoms with Crippen molar-refractivity contribution < 1.29 is 4.74 Å². The van der Waals surface area contributed by atoms with Gasteiger partial charge in [0, 0.05) is 18.6 Å². The molecule has 3 heteroatoms. The minimum absolute atomic E-state index is 0.187. The van der Waals surface area contributed by atoms with E-state index in [2.05, 4.69) is 75.0 Å². The number of aryl methyl sites for hydroxylation is 1. The van der Waals surface area contributed by atoms with Gasteiger partial charge >= 0.3 is 0 Å². The number of ether oxygens (including phenoxy) is 1. The lowest BCUT2D eigenvalue weighted by Crippen LogP contribution is -2.42. The lowest BCUT2D eigenvalue weighted by atomic mass is 9.96. The van der Waals surface area contributed by atoms with Crippen molar-refractivity contribution in [1.29, 1.82) is 0 Å². The maximum absolute atomic E-state index is 5.30. The standard InChI is InChI=1S/C19H29N.C8H15NO.C2H6/c1-15(2)8-9-18-10-12-19(13-11-18)14-20-16(3)6-5-7-17(20)4;1-6-9-7(2)10-8(3,4)5;1-2/h10-13,16-17H,1,5-9,14H2,2-4H3;6,9H,1-2H2,3-5H3;1-2H3. The van der Waals surface area contributed by atoms with Crippen molar-refractivity contribution in [3.63, 3.8) is 0 Å². The number of hydrogen-bond acceptors (Lipinski definition) is 3. The van der Waals surface area contributed by atoms with Crippen molar-refractivity contribution in [2.45, 2.75) is 112 Å². The maximum atomic E-state index is 5.30. The number of benzene rings is 1. The van der Waals surface area contributed by atoms with Crippen LogP contribution in [0.4, 0.5) is 0 Å². The van der Waals surface area contributed by atoms with E-state index >= 15 is 0 Å². The fraction of sp³-hybridized carbons (Fsp3) is 0.586. The molecule has 3 nitrogen and oxygen atoms in total. The Morgan fingerprint density at radius 1 is 1.06 bits per heavy atom. The molecular formula is C29H50N2O. The summed E-state index contributed by atoms with van der Waals surface area (Å²) in [6.45, 7) is 28.9. The van der Waals surface area contributed by atoms with E-state index in [9.17, 15) is 0 Å². The zero-order chi connectivity index (χ0) is 24.7. The predicted octanol–water partition coefficient (Wildman–Crippen LogP) is 7.99. The normalized spacial score (nSPS) is 18.2. The Morgan fingerprint density at radius 3 is 2.00 bits per heavy atom. The van der Waals surface area contributed by atoms with Crippen LogP contribution in [-0.4, -0.2) is 22.6 Å². The quantitative estimate of drug-likeness (QED) is 0.326. The lowest BCUT2D eigenvalue weighted by Gasteiger charge is -2.39. The molecule has 2 unspecified atom stereocenters. The molecule has 0 aliphatic carbocycles. The Bertz CT molecular complexity index is 659. The largest absolute Gasteiger partial charge is 0.474 e. The van der Waals surface area contributed by atoms with Crippen LogP contribution in [0.1, 0.15) is 92.2 Å². The van der Waals surface area contributed by atoms with Gasteiger partial charge in [0.2, 0.25) is 0 Å². The van der Waals surface area contributed by atoms with Gasteiger partial charge in [0.15, 0.2) is 5.88 Å². The topological polar surface area (TPSA) is 24.5 Å². The van der Waals surface area contributed by atoms with E-state index < -0.39 is 0 Å². The second-order valence-corrected chi connectivity index (χ2v) is 9.56. The molecule has 1 aromatic carbocycles. The van der Waals surface area contributed by atoms with Crippen LogP contribution in [0.3, 0.4) is 0 Å². The maximum Gasteiger partial charge on any atom is 0.183 e. The second kappa shape index (κ2) is 15.7. The van der Waals surface area contributed by atoms with Gasteiger partial charge in [-0.2, -0.15) is 0 Å². The summed E-state index contributed by atoms with van der Waals surface area (Å²) in [6, 6.07) is 10.6. The molecule has 0 saturated carbocycles. The van der Waals surface area contributed by atoms with Crippen molar-refractivity contribution >= 4 is 0 Å². The van der Waals surface area contributed by atoms with Gasteiger partial charge in [-0.25, -0.2) is 0 Å². The van der Waals surface area contributed by atoms with Gasteiger partial charge in [-0.05, 0) is 91.1 Å². The molecule has 32 heavy (non-hydrogen) atoms. The molecule has 1 fully saturated rings. The molecule has 1 heterocycles. The molecule has 0 aromatic heterocycles. The summed E-state index contributed by atoms with van der Waals surface area (Å²) >= 11 is 0. The zero-order valence-electron chi connectivity index (χ0n) is 22.3. The molecule has 1 N–H and O–H groups in total. The molecule has 1 aliphatic heterocycles. The first-order valence-corrected chi connectivity index (χ1v) is 12.2. The molecule has 0 amide bonds. The van der Waals surface area contributed by atoms with E-state index in [-0.39, 0.29) is 5.60 Å². The van der Waals surface area contributed by atoms with Crippen molar-refractivity contribution in [1.82, 2.24) is 10.2 Å². The summed E-state index contributed by atoms with van der Waals surface area (Å²) in [5, 5.41) is 2.75. The lowest BCUT2D eigenvalue weighted by molar-refractivity contribution is 0.0450. The molecule has 0 radical (unpaired) electrons. The summed E-state index contributed by atoms with van der Waals surface area (Å²) in [5.41, 5.74) is 3.96. The molecule has 2 atom stereocenters. The monoisotopic (exact) mass is 442 g/mol. The average Bonchev–Trinajstić information content (AvgIpc) is 2.71. The first-order chi connectivity index (χ1) is 15.0. The number of piperidine rings is 1. The first-order valence-electron chi connectivity index (χ1n) is 12.2. The summed E-state index contributed by atoms with van der Waals surface area (Å²) in [4.78, 5) is 2.66. The Kier molecular flexibility index (Phi) is 14.8. The van der Waals surface area contributed by atoms with Gasteiger partial charge in [0.25, 0.3) is 0 Å². The van der Waals surface area contributed by atoms with Crippen LogP contribution in [0.5, 0.6) is 0 Å². The van der Waals surface area contributed by atoms with E-state index in [1.54, 1.807) is 0 Å².